The third-order valence-corrected chi connectivity index (χ3v) is 7.66. The number of benzene rings is 1. The number of hydrogen-bond acceptors (Lipinski definition) is 5. The van der Waals surface area contributed by atoms with Gasteiger partial charge in [0.2, 0.25) is 21.8 Å². The van der Waals surface area contributed by atoms with E-state index in [-0.39, 0.29) is 22.6 Å². The number of ether oxygens (including phenoxy) is 1. The molecule has 2 heterocycles. The number of carbonyl (C=O) groups excluding carboxylic acids is 2. The summed E-state index contributed by atoms with van der Waals surface area (Å²) in [5, 5.41) is 0. The highest BCUT2D eigenvalue weighted by Crippen LogP contribution is 2.26. The Morgan fingerprint density at radius 2 is 1.52 bits per heavy atom. The molecule has 0 aromatic heterocycles. The van der Waals surface area contributed by atoms with Crippen LogP contribution >= 0.6 is 0 Å². The fraction of sp³-hybridized carbons (Fsp3) is 0.600. The van der Waals surface area contributed by atoms with E-state index in [1.807, 2.05) is 11.8 Å². The van der Waals surface area contributed by atoms with Crippen molar-refractivity contribution < 1.29 is 22.7 Å². The molecule has 2 aliphatic heterocycles. The summed E-state index contributed by atoms with van der Waals surface area (Å²) in [6.07, 6.45) is 1.51. The second-order valence-corrected chi connectivity index (χ2v) is 9.35. The van der Waals surface area contributed by atoms with Crippen LogP contribution < -0.4 is 4.74 Å². The van der Waals surface area contributed by atoms with Gasteiger partial charge in [-0.05, 0) is 37.1 Å². The number of piperazine rings is 1. The van der Waals surface area contributed by atoms with Gasteiger partial charge in [-0.3, -0.25) is 9.59 Å². The molecule has 0 bridgehead atoms. The highest BCUT2D eigenvalue weighted by molar-refractivity contribution is 7.89. The number of methoxy groups -OCH3 is 1. The molecular weight excluding hydrogens is 394 g/mol. The topological polar surface area (TPSA) is 87.2 Å². The Kier molecular flexibility index (Phi) is 6.79. The van der Waals surface area contributed by atoms with Gasteiger partial charge in [0.05, 0.1) is 12.0 Å². The number of hydrogen-bond donors (Lipinski definition) is 0. The van der Waals surface area contributed by atoms with Gasteiger partial charge < -0.3 is 14.5 Å². The number of amides is 2. The molecule has 2 saturated heterocycles. The first-order valence-corrected chi connectivity index (χ1v) is 11.5. The Labute approximate surface area is 172 Å². The summed E-state index contributed by atoms with van der Waals surface area (Å²) in [5.74, 6) is 0.643. The van der Waals surface area contributed by atoms with E-state index in [4.69, 9.17) is 4.74 Å². The summed E-state index contributed by atoms with van der Waals surface area (Å²) in [4.78, 5) is 28.5. The van der Waals surface area contributed by atoms with Gasteiger partial charge in [0.25, 0.3) is 0 Å². The lowest BCUT2D eigenvalue weighted by Gasteiger charge is -2.38. The lowest BCUT2D eigenvalue weighted by molar-refractivity contribution is -0.142. The number of nitrogens with zero attached hydrogens (tertiary/aromatic N) is 3. The molecule has 3 rings (SSSR count). The second-order valence-electron chi connectivity index (χ2n) is 7.41. The zero-order valence-electron chi connectivity index (χ0n) is 17.0. The van der Waals surface area contributed by atoms with Crippen LogP contribution in [0.5, 0.6) is 5.75 Å². The Balaban J connectivity index is 1.54. The van der Waals surface area contributed by atoms with Crippen LogP contribution in [-0.4, -0.2) is 80.7 Å². The highest BCUT2D eigenvalue weighted by atomic mass is 32.2. The number of piperidine rings is 1. The molecule has 0 radical (unpaired) electrons. The Bertz CT molecular complexity index is 824. The zero-order chi connectivity index (χ0) is 21.0. The summed E-state index contributed by atoms with van der Waals surface area (Å²) in [6, 6.07) is 6.35. The molecule has 8 nitrogen and oxygen atoms in total. The first kappa shape index (κ1) is 21.6. The molecule has 0 saturated carbocycles. The highest BCUT2D eigenvalue weighted by Gasteiger charge is 2.34. The fourth-order valence-corrected chi connectivity index (χ4v) is 5.37. The Morgan fingerprint density at radius 3 is 2.03 bits per heavy atom. The van der Waals surface area contributed by atoms with Crippen molar-refractivity contribution in [2.45, 2.75) is 31.1 Å². The predicted octanol–water partition coefficient (Wildman–Crippen LogP) is 1.18. The number of rotatable bonds is 5. The lowest BCUT2D eigenvalue weighted by atomic mass is 9.96. The van der Waals surface area contributed by atoms with Crippen molar-refractivity contribution in [1.82, 2.24) is 14.1 Å². The summed E-state index contributed by atoms with van der Waals surface area (Å²) in [7, 11) is -2.04. The maximum absolute atomic E-state index is 12.8. The first-order valence-electron chi connectivity index (χ1n) is 10.1. The lowest BCUT2D eigenvalue weighted by Crippen LogP contribution is -2.53. The molecule has 0 spiro atoms. The fourth-order valence-electron chi connectivity index (χ4n) is 3.90. The molecule has 2 fully saturated rings. The average Bonchev–Trinajstić information content (AvgIpc) is 2.78. The minimum atomic E-state index is -3.57. The minimum Gasteiger partial charge on any atom is -0.497 e. The molecule has 0 unspecified atom stereocenters. The third-order valence-electron chi connectivity index (χ3n) is 5.75. The second kappa shape index (κ2) is 9.13. The van der Waals surface area contributed by atoms with Crippen LogP contribution in [0.1, 0.15) is 26.2 Å². The standard InChI is InChI=1S/C20H29N3O5S/c1-3-19(24)21-12-14-22(15-13-21)20(25)16-8-10-23(11-9-16)29(26,27)18-6-4-17(28-2)5-7-18/h4-7,16H,3,8-15H2,1-2H3. The van der Waals surface area contributed by atoms with Crippen molar-refractivity contribution >= 4 is 21.8 Å². The van der Waals surface area contributed by atoms with E-state index in [1.165, 1.54) is 11.4 Å². The van der Waals surface area contributed by atoms with Crippen LogP contribution in [0, 0.1) is 5.92 Å². The molecule has 0 atom stereocenters. The van der Waals surface area contributed by atoms with E-state index in [0.717, 1.165) is 0 Å². The van der Waals surface area contributed by atoms with Crippen LogP contribution in [0.15, 0.2) is 29.2 Å². The third kappa shape index (κ3) is 4.72. The van der Waals surface area contributed by atoms with Gasteiger partial charge in [-0.25, -0.2) is 8.42 Å². The van der Waals surface area contributed by atoms with E-state index >= 15 is 0 Å². The van der Waals surface area contributed by atoms with E-state index in [9.17, 15) is 18.0 Å². The van der Waals surface area contributed by atoms with Crippen molar-refractivity contribution in [2.75, 3.05) is 46.4 Å². The van der Waals surface area contributed by atoms with Crippen molar-refractivity contribution in [3.8, 4) is 5.75 Å². The zero-order valence-corrected chi connectivity index (χ0v) is 17.9. The maximum Gasteiger partial charge on any atom is 0.243 e. The minimum absolute atomic E-state index is 0.0788. The number of sulfonamides is 1. The molecule has 0 N–H and O–H groups in total. The van der Waals surface area contributed by atoms with Crippen LogP contribution in [0.4, 0.5) is 0 Å². The van der Waals surface area contributed by atoms with Gasteiger partial charge in [-0.2, -0.15) is 4.31 Å². The van der Waals surface area contributed by atoms with E-state index in [2.05, 4.69) is 0 Å². The molecule has 9 heteroatoms. The van der Waals surface area contributed by atoms with Crippen LogP contribution in [0.25, 0.3) is 0 Å². The molecule has 160 valence electrons. The SMILES string of the molecule is CCC(=O)N1CCN(C(=O)C2CCN(S(=O)(=O)c3ccc(OC)cc3)CC2)CC1. The molecule has 2 amide bonds. The van der Waals surface area contributed by atoms with Gasteiger partial charge in [-0.15, -0.1) is 0 Å². The van der Waals surface area contributed by atoms with Gasteiger partial charge in [0, 0.05) is 51.6 Å². The average molecular weight is 424 g/mol. The monoisotopic (exact) mass is 423 g/mol. The summed E-state index contributed by atoms with van der Waals surface area (Å²) in [6.45, 7) is 4.75. The summed E-state index contributed by atoms with van der Waals surface area (Å²) >= 11 is 0. The quantitative estimate of drug-likeness (QED) is 0.710. The molecule has 1 aromatic carbocycles. The van der Waals surface area contributed by atoms with Gasteiger partial charge in [0.15, 0.2) is 0 Å². The molecule has 29 heavy (non-hydrogen) atoms. The van der Waals surface area contributed by atoms with Crippen molar-refractivity contribution in [3.05, 3.63) is 24.3 Å². The van der Waals surface area contributed by atoms with Crippen molar-refractivity contribution in [1.29, 1.82) is 0 Å². The molecule has 1 aromatic rings. The van der Waals surface area contributed by atoms with Crippen LogP contribution in [0.3, 0.4) is 0 Å². The van der Waals surface area contributed by atoms with Crippen molar-refractivity contribution in [3.63, 3.8) is 0 Å². The summed E-state index contributed by atoms with van der Waals surface area (Å²) < 4.78 is 32.2. The van der Waals surface area contributed by atoms with E-state index in [0.29, 0.717) is 64.3 Å². The molecular formula is C20H29N3O5S. The number of carbonyl (C=O) groups is 2. The van der Waals surface area contributed by atoms with Crippen LogP contribution in [0.2, 0.25) is 0 Å². The maximum atomic E-state index is 12.8. The molecule has 0 aliphatic carbocycles. The Hall–Kier alpha value is -2.13. The van der Waals surface area contributed by atoms with Gasteiger partial charge in [-0.1, -0.05) is 6.92 Å². The van der Waals surface area contributed by atoms with E-state index in [1.54, 1.807) is 29.2 Å². The van der Waals surface area contributed by atoms with Crippen molar-refractivity contribution in [2.24, 2.45) is 5.92 Å². The first-order chi connectivity index (χ1) is 13.9. The smallest absolute Gasteiger partial charge is 0.243 e. The van der Waals surface area contributed by atoms with E-state index < -0.39 is 10.0 Å². The predicted molar refractivity (Wildman–Crippen MR) is 108 cm³/mol. The summed E-state index contributed by atoms with van der Waals surface area (Å²) in [5.41, 5.74) is 0. The van der Waals surface area contributed by atoms with Gasteiger partial charge >= 0.3 is 0 Å². The Morgan fingerprint density at radius 1 is 0.966 bits per heavy atom. The normalized spacial score (nSPS) is 19.2. The molecule has 2 aliphatic rings. The van der Waals surface area contributed by atoms with Crippen LogP contribution in [-0.2, 0) is 19.6 Å². The largest absolute Gasteiger partial charge is 0.497 e. The van der Waals surface area contributed by atoms with Gasteiger partial charge in [0.1, 0.15) is 5.75 Å².